The maximum absolute atomic E-state index is 13.3. The lowest BCUT2D eigenvalue weighted by molar-refractivity contribution is -0.146. The number of carbonyl (C=O) groups is 4. The number of hydrogen-bond acceptors (Lipinski definition) is 15. The standard InChI is InChI=1S/C22H44N4O3S2.C21H42N4O3S2/c1-6-15(3)19(24-12-17(23)14-30)13-26-10-8-16(7-2)20(26)21(27)25-18(9-11-31-5)22(28)29-4;1-5-14(3)18(23-11-16(22)13-29)12-25-9-7-15(6-2)19(25)20(26)24-17(21(27)28)8-10-30-4/h15-20,24,30H,6-14,23H2,1-5H3,(H,25,27);14-19,23,29H,5-13,22H2,1-4H3,(H,24,26)(H,27,28)/t15?,16-,17+,18-,19+,20-;14?,15-,16+,17-,18+,19-/m00/s1. The summed E-state index contributed by atoms with van der Waals surface area (Å²) in [6, 6.07) is -1.46. The zero-order chi connectivity index (χ0) is 46.1. The molecule has 61 heavy (non-hydrogen) atoms. The molecule has 0 bridgehead atoms. The van der Waals surface area contributed by atoms with E-state index in [9.17, 15) is 24.3 Å². The van der Waals surface area contributed by atoms with E-state index >= 15 is 0 Å². The molecule has 2 rings (SSSR count). The van der Waals surface area contributed by atoms with Crippen LogP contribution in [0.5, 0.6) is 0 Å². The van der Waals surface area contributed by atoms with Gasteiger partial charge >= 0.3 is 11.9 Å². The molecule has 2 amide bonds. The third kappa shape index (κ3) is 20.4. The van der Waals surface area contributed by atoms with Gasteiger partial charge in [0, 0.05) is 61.9 Å². The maximum atomic E-state index is 13.3. The SMILES string of the molecule is CCC(C)[C@@H](CN1CC[C@H](CC)[C@H]1C(=O)N[C@@H](CCSC)C(=O)O)NC[C@@H](N)CS.CCC(C)[C@@H](CN1CC[C@H](CC)[C@H]1C(=O)N[C@@H](CCSC)C(=O)OC)NC[C@@H](N)CS. The molecule has 0 saturated carbocycles. The highest BCUT2D eigenvalue weighted by molar-refractivity contribution is 7.98. The van der Waals surface area contributed by atoms with Crippen LogP contribution in [-0.4, -0.2) is 169 Å². The van der Waals surface area contributed by atoms with E-state index in [1.165, 1.54) is 7.11 Å². The van der Waals surface area contributed by atoms with E-state index in [1.807, 2.05) is 12.5 Å². The number of carboxylic acids is 1. The van der Waals surface area contributed by atoms with Crippen molar-refractivity contribution in [3.63, 3.8) is 0 Å². The summed E-state index contributed by atoms with van der Waals surface area (Å²) in [5.74, 6) is 2.64. The van der Waals surface area contributed by atoms with E-state index in [0.29, 0.717) is 55.0 Å². The van der Waals surface area contributed by atoms with Crippen molar-refractivity contribution in [1.82, 2.24) is 31.1 Å². The molecule has 358 valence electrons. The van der Waals surface area contributed by atoms with Gasteiger partial charge in [-0.15, -0.1) is 0 Å². The van der Waals surface area contributed by atoms with Gasteiger partial charge in [0.15, 0.2) is 0 Å². The topological polar surface area (TPSA) is 204 Å². The molecule has 0 radical (unpaired) electrons. The monoisotopic (exact) mass is 939 g/mol. The number of carboxylic acid groups (broad SMARTS) is 1. The summed E-state index contributed by atoms with van der Waals surface area (Å²) in [6.45, 7) is 17.7. The zero-order valence-electron chi connectivity index (χ0n) is 38.9. The van der Waals surface area contributed by atoms with E-state index in [0.717, 1.165) is 70.5 Å². The molecule has 0 aromatic heterocycles. The summed E-state index contributed by atoms with van der Waals surface area (Å²) in [7, 11) is 1.37. The van der Waals surface area contributed by atoms with Crippen LogP contribution in [0.4, 0.5) is 0 Å². The van der Waals surface area contributed by atoms with Crippen LogP contribution in [0.2, 0.25) is 0 Å². The molecule has 2 saturated heterocycles. The first-order chi connectivity index (χ1) is 29.1. The first-order valence-electron chi connectivity index (χ1n) is 22.7. The fraction of sp³-hybridized carbons (Fsp3) is 0.907. The summed E-state index contributed by atoms with van der Waals surface area (Å²) >= 11 is 11.8. The number of carbonyl (C=O) groups excluding carboxylic acids is 3. The number of nitrogens with two attached hydrogens (primary N) is 2. The molecule has 14 nitrogen and oxygen atoms in total. The second kappa shape index (κ2) is 32.7. The Balaban J connectivity index is 0.000000610. The second-order valence-electron chi connectivity index (χ2n) is 17.0. The van der Waals surface area contributed by atoms with Crippen LogP contribution < -0.4 is 32.7 Å². The predicted octanol–water partition coefficient (Wildman–Crippen LogP) is 3.43. The highest BCUT2D eigenvalue weighted by atomic mass is 32.2. The number of rotatable bonds is 30. The molecule has 0 aliphatic carbocycles. The fourth-order valence-electron chi connectivity index (χ4n) is 8.21. The fourth-order valence-corrected chi connectivity index (χ4v) is 9.41. The Bertz CT molecular complexity index is 1250. The molecular weight excluding hydrogens is 853 g/mol. The Morgan fingerprint density at radius 1 is 0.738 bits per heavy atom. The Labute approximate surface area is 389 Å². The van der Waals surface area contributed by atoms with Gasteiger partial charge in [0.1, 0.15) is 12.1 Å². The van der Waals surface area contributed by atoms with Gasteiger partial charge in [0.05, 0.1) is 19.2 Å². The first-order valence-corrected chi connectivity index (χ1v) is 26.7. The van der Waals surface area contributed by atoms with Crippen molar-refractivity contribution in [2.75, 3.05) is 81.9 Å². The number of thioether (sulfide) groups is 2. The third-order valence-corrected chi connectivity index (χ3v) is 15.0. The molecule has 2 aliphatic heterocycles. The molecule has 9 N–H and O–H groups in total. The molecule has 2 aliphatic rings. The van der Waals surface area contributed by atoms with Crippen molar-refractivity contribution in [2.24, 2.45) is 35.1 Å². The van der Waals surface area contributed by atoms with Gasteiger partial charge in [0.2, 0.25) is 11.8 Å². The molecule has 2 fully saturated rings. The number of nitrogens with zero attached hydrogens (tertiary/aromatic N) is 2. The van der Waals surface area contributed by atoms with Crippen LogP contribution >= 0.6 is 48.8 Å². The Morgan fingerprint density at radius 2 is 1.13 bits per heavy atom. The van der Waals surface area contributed by atoms with Gasteiger partial charge in [-0.05, 0) is 86.5 Å². The van der Waals surface area contributed by atoms with Gasteiger partial charge in [-0.3, -0.25) is 19.4 Å². The van der Waals surface area contributed by atoms with Gasteiger partial charge < -0.3 is 42.6 Å². The highest BCUT2D eigenvalue weighted by Gasteiger charge is 2.42. The van der Waals surface area contributed by atoms with E-state index in [4.69, 9.17) is 16.2 Å². The number of methoxy groups -OCH3 is 1. The molecule has 2 heterocycles. The number of nitrogens with one attached hydrogen (secondary N) is 4. The average molecular weight is 939 g/mol. The number of thiol groups is 2. The number of amides is 2. The van der Waals surface area contributed by atoms with Gasteiger partial charge in [-0.2, -0.15) is 48.8 Å². The molecule has 2 unspecified atom stereocenters. The molecule has 0 aromatic carbocycles. The summed E-state index contributed by atoms with van der Waals surface area (Å²) in [4.78, 5) is 54.8. The zero-order valence-corrected chi connectivity index (χ0v) is 42.3. The van der Waals surface area contributed by atoms with Crippen LogP contribution in [0.1, 0.15) is 92.9 Å². The number of esters is 1. The van der Waals surface area contributed by atoms with Crippen LogP contribution in [0.15, 0.2) is 0 Å². The highest BCUT2D eigenvalue weighted by Crippen LogP contribution is 2.30. The van der Waals surface area contributed by atoms with Gasteiger partial charge in [-0.1, -0.05) is 67.2 Å². The largest absolute Gasteiger partial charge is 0.480 e. The molecule has 12 atom stereocenters. The van der Waals surface area contributed by atoms with Crippen LogP contribution in [-0.2, 0) is 23.9 Å². The number of aliphatic carboxylic acids is 1. The minimum Gasteiger partial charge on any atom is -0.480 e. The second-order valence-corrected chi connectivity index (χ2v) is 19.7. The Hall–Kier alpha value is -0.960. The normalized spacial score (nSPS) is 23.4. The third-order valence-electron chi connectivity index (χ3n) is 12.8. The Morgan fingerprint density at radius 3 is 1.46 bits per heavy atom. The minimum atomic E-state index is -0.963. The summed E-state index contributed by atoms with van der Waals surface area (Å²) in [5, 5.41) is 22.5. The maximum Gasteiger partial charge on any atom is 0.328 e. The van der Waals surface area contributed by atoms with Gasteiger partial charge in [0.25, 0.3) is 0 Å². The van der Waals surface area contributed by atoms with Crippen molar-refractivity contribution in [1.29, 1.82) is 0 Å². The lowest BCUT2D eigenvalue weighted by Crippen LogP contribution is -2.55. The summed E-state index contributed by atoms with van der Waals surface area (Å²) < 4.78 is 4.92. The van der Waals surface area contributed by atoms with Crippen molar-refractivity contribution in [3.8, 4) is 0 Å². The quantitative estimate of drug-likeness (QED) is 0.0375. The Kier molecular flexibility index (Phi) is 31.1. The van der Waals surface area contributed by atoms with Gasteiger partial charge in [-0.25, -0.2) is 9.59 Å². The number of hydrogen-bond donors (Lipinski definition) is 9. The van der Waals surface area contributed by atoms with Crippen molar-refractivity contribution >= 4 is 72.5 Å². The summed E-state index contributed by atoms with van der Waals surface area (Å²) in [5.41, 5.74) is 12.1. The van der Waals surface area contributed by atoms with Crippen LogP contribution in [0.25, 0.3) is 0 Å². The van der Waals surface area contributed by atoms with E-state index in [-0.39, 0.29) is 65.9 Å². The van der Waals surface area contributed by atoms with Crippen molar-refractivity contribution < 1.29 is 29.0 Å². The summed E-state index contributed by atoms with van der Waals surface area (Å²) in [6.07, 6.45) is 10.8. The number of ether oxygens (including phenoxy) is 1. The van der Waals surface area contributed by atoms with Crippen molar-refractivity contribution in [2.45, 2.75) is 141 Å². The molecule has 0 spiro atoms. The molecule has 18 heteroatoms. The first kappa shape index (κ1) is 58.1. The minimum absolute atomic E-state index is 0.00582. The average Bonchev–Trinajstić information content (AvgIpc) is 3.88. The van der Waals surface area contributed by atoms with E-state index in [1.54, 1.807) is 23.5 Å². The lowest BCUT2D eigenvalue weighted by Gasteiger charge is -2.34. The number of likely N-dealkylation sites (tertiary alicyclic amines) is 2. The lowest BCUT2D eigenvalue weighted by atomic mass is 9.95. The van der Waals surface area contributed by atoms with Crippen LogP contribution in [0, 0.1) is 23.7 Å². The molecular formula is C43H86N8O6S4. The van der Waals surface area contributed by atoms with Crippen molar-refractivity contribution in [3.05, 3.63) is 0 Å². The smallest absolute Gasteiger partial charge is 0.328 e. The van der Waals surface area contributed by atoms with Crippen LogP contribution in [0.3, 0.4) is 0 Å². The van der Waals surface area contributed by atoms with E-state index < -0.39 is 18.1 Å². The predicted molar refractivity (Wildman–Crippen MR) is 263 cm³/mol. The van der Waals surface area contributed by atoms with E-state index in [2.05, 4.69) is 97.9 Å². The molecule has 0 aromatic rings.